The maximum absolute atomic E-state index is 8.97. The smallest absolute Gasteiger partial charge is 0.320 e. The van der Waals surface area contributed by atoms with Crippen LogP contribution in [0.15, 0.2) is 225 Å². The fourth-order valence-electron chi connectivity index (χ4n) is 12.4. The molecule has 8 aromatic rings. The molecule has 0 spiro atoms. The van der Waals surface area contributed by atoms with Gasteiger partial charge in [-0.2, -0.15) is 0 Å². The highest BCUT2D eigenvalue weighted by atomic mass is 16.5. The van der Waals surface area contributed by atoms with Gasteiger partial charge in [0.05, 0.1) is 29.1 Å². The van der Waals surface area contributed by atoms with Gasteiger partial charge in [-0.15, -0.1) is 0 Å². The van der Waals surface area contributed by atoms with Crippen LogP contribution in [0.4, 0.5) is 17.1 Å². The van der Waals surface area contributed by atoms with Crippen molar-refractivity contribution in [2.75, 3.05) is 16.5 Å². The first-order valence-corrected chi connectivity index (χ1v) is 29.0. The second-order valence-electron chi connectivity index (χ2n) is 25.8. The van der Waals surface area contributed by atoms with Gasteiger partial charge < -0.3 is 24.2 Å². The van der Waals surface area contributed by atoms with Crippen LogP contribution in [0.3, 0.4) is 0 Å². The summed E-state index contributed by atoms with van der Waals surface area (Å²) in [5, 5.41) is 1.91. The predicted molar refractivity (Wildman–Crippen MR) is 352 cm³/mol. The van der Waals surface area contributed by atoms with Crippen LogP contribution in [-0.2, 0) is 28.2 Å². The van der Waals surface area contributed by atoms with Crippen LogP contribution in [0.25, 0.3) is 38.6 Å². The molecule has 5 aliphatic heterocycles. The van der Waals surface area contributed by atoms with Crippen molar-refractivity contribution in [1.29, 1.82) is 0 Å². The van der Waals surface area contributed by atoms with E-state index in [-0.39, 0.29) is 41.1 Å². The number of nitrogens with zero attached hydrogens (tertiary/aromatic N) is 6. The molecule has 9 heteroatoms. The van der Waals surface area contributed by atoms with Gasteiger partial charge >= 0.3 is 13.7 Å². The van der Waals surface area contributed by atoms with Crippen molar-refractivity contribution in [2.24, 2.45) is 0 Å². The van der Waals surface area contributed by atoms with Crippen molar-refractivity contribution in [3.05, 3.63) is 270 Å². The molecular weight excluding hydrogens is 1010 g/mol. The number of ether oxygens (including phenoxy) is 1. The summed E-state index contributed by atoms with van der Waals surface area (Å²) in [4.78, 5) is 14.5. The van der Waals surface area contributed by atoms with E-state index in [1.54, 1.807) is 36.4 Å². The lowest BCUT2D eigenvalue weighted by Crippen LogP contribution is -2.37. The average molecular weight is 1090 g/mol. The molecule has 0 N–H and O–H groups in total. The van der Waals surface area contributed by atoms with Gasteiger partial charge in [0, 0.05) is 55.0 Å². The minimum absolute atomic E-state index is 0.0344. The Hall–Kier alpha value is -8.68. The summed E-state index contributed by atoms with van der Waals surface area (Å²) in [5.74, 6) is 6.23. The zero-order valence-corrected chi connectivity index (χ0v) is 49.0. The van der Waals surface area contributed by atoms with Crippen LogP contribution in [0, 0.1) is 0 Å². The molecule has 0 unspecified atom stereocenters. The first kappa shape index (κ1) is 46.9. The van der Waals surface area contributed by atoms with Crippen molar-refractivity contribution < 1.29 is 13.0 Å². The van der Waals surface area contributed by atoms with Gasteiger partial charge in [0.2, 0.25) is 0 Å². The lowest BCUT2D eigenvalue weighted by molar-refractivity contribution is 0.479. The summed E-state index contributed by atoms with van der Waals surface area (Å²) >= 11 is 0. The van der Waals surface area contributed by atoms with E-state index in [4.69, 9.17) is 17.9 Å². The van der Waals surface area contributed by atoms with E-state index >= 15 is 0 Å². The summed E-state index contributed by atoms with van der Waals surface area (Å²) in [7, 11) is 0. The van der Waals surface area contributed by atoms with Crippen molar-refractivity contribution in [2.45, 2.75) is 104 Å². The molecular formula is C74H74B2N6O. The van der Waals surface area contributed by atoms with Crippen LogP contribution in [0.1, 0.15) is 129 Å². The van der Waals surface area contributed by atoms with Gasteiger partial charge in [-0.05, 0) is 181 Å². The Labute approximate surface area is 500 Å². The maximum atomic E-state index is 8.97. The van der Waals surface area contributed by atoms with Crippen molar-refractivity contribution in [3.63, 3.8) is 0 Å². The minimum atomic E-state index is -2.97. The van der Waals surface area contributed by atoms with Gasteiger partial charge in [-0.25, -0.2) is 4.98 Å². The highest BCUT2D eigenvalue weighted by Crippen LogP contribution is 2.47. The number of fused-ring (bicyclic) bond motifs is 6. The van der Waals surface area contributed by atoms with Gasteiger partial charge in [-0.1, -0.05) is 173 Å². The summed E-state index contributed by atoms with van der Waals surface area (Å²) in [6.07, 6.45) is 27.7. The quantitative estimate of drug-likeness (QED) is 0.127. The van der Waals surface area contributed by atoms with E-state index < -0.39 is 19.1 Å². The summed E-state index contributed by atoms with van der Waals surface area (Å²) in [6.45, 7) is 15.5. The zero-order valence-electron chi connectivity index (χ0n) is 55.0. The molecule has 13 rings (SSSR count). The van der Waals surface area contributed by atoms with E-state index in [1.165, 1.54) is 45.5 Å². The molecule has 412 valence electrons. The van der Waals surface area contributed by atoms with Gasteiger partial charge in [0.1, 0.15) is 17.3 Å². The fraction of sp³-hybridized carbons (Fsp3) is 0.230. The first-order valence-electron chi connectivity index (χ1n) is 32.0. The highest BCUT2D eigenvalue weighted by molar-refractivity contribution is 6.83. The lowest BCUT2D eigenvalue weighted by atomic mass is 9.48. The van der Waals surface area contributed by atoms with E-state index in [0.29, 0.717) is 30.5 Å². The molecule has 7 heterocycles. The van der Waals surface area contributed by atoms with Crippen molar-refractivity contribution in [3.8, 4) is 17.3 Å². The Morgan fingerprint density at radius 1 is 0.518 bits per heavy atom. The first-order chi connectivity index (χ1) is 42.3. The molecule has 0 atom stereocenters. The standard InChI is InChI=1S/C74H74B2N6O/c1-71(2,3)52-29-32-66-62(43-52)59-31-30-57(48-69(59)82(66)70-46-53(33-36-77-70)74(10,11)51-23-13-12-14-24-51)83-58-42-54(72(4,5)6)41-56(47-58)81-50-78(67-27-15-16-28-68(67)81)49-63-60(64-25-21-39-79-37-19-17-34-75(64)79)44-55(73(7,8)9)45-61(63)65-26-22-40-80-38-20-18-35-76(65)80/h12-48H,49-50H2,1-11H3/i10D3,11D3. The van der Waals surface area contributed by atoms with Crippen molar-refractivity contribution in [1.82, 2.24) is 19.2 Å². The third-order valence-electron chi connectivity index (χ3n) is 17.1. The second-order valence-corrected chi connectivity index (χ2v) is 25.8. The van der Waals surface area contributed by atoms with Crippen LogP contribution in [-0.4, -0.2) is 39.5 Å². The average Bonchev–Trinajstić information content (AvgIpc) is 1.42. The van der Waals surface area contributed by atoms with Gasteiger partial charge in [0.15, 0.2) is 0 Å². The number of allylic oxidation sites excluding steroid dienone is 8. The summed E-state index contributed by atoms with van der Waals surface area (Å²) in [5.41, 5.74) is 12.0. The largest absolute Gasteiger partial charge is 0.457 e. The third kappa shape index (κ3) is 9.88. The fourth-order valence-corrected chi connectivity index (χ4v) is 12.4. The molecule has 0 saturated heterocycles. The molecule has 7 nitrogen and oxygen atoms in total. The number of hydrogen-bond donors (Lipinski definition) is 0. The Kier molecular flexibility index (Phi) is 11.5. The van der Waals surface area contributed by atoms with Gasteiger partial charge in [-0.3, -0.25) is 4.57 Å². The van der Waals surface area contributed by atoms with Gasteiger partial charge in [0.25, 0.3) is 0 Å². The molecule has 0 radical (unpaired) electrons. The van der Waals surface area contributed by atoms with Crippen LogP contribution in [0.2, 0.25) is 0 Å². The topological polar surface area (TPSA) is 40.0 Å². The second kappa shape index (κ2) is 20.3. The number of pyridine rings is 1. The number of anilines is 3. The molecule has 0 fully saturated rings. The maximum Gasteiger partial charge on any atom is 0.320 e. The minimum Gasteiger partial charge on any atom is -0.457 e. The van der Waals surface area contributed by atoms with Crippen molar-refractivity contribution >= 4 is 63.5 Å². The molecule has 5 aliphatic rings. The van der Waals surface area contributed by atoms with E-state index in [2.05, 4.69) is 246 Å². The van der Waals surface area contributed by atoms with E-state index in [1.807, 2.05) is 16.7 Å². The number of rotatable bonds is 10. The van der Waals surface area contributed by atoms with E-state index in [9.17, 15) is 0 Å². The number of aromatic nitrogens is 2. The monoisotopic (exact) mass is 1090 g/mol. The Morgan fingerprint density at radius 3 is 1.80 bits per heavy atom. The highest BCUT2D eigenvalue weighted by Gasteiger charge is 2.37. The van der Waals surface area contributed by atoms with Crippen LogP contribution < -0.4 is 14.5 Å². The third-order valence-corrected chi connectivity index (χ3v) is 17.1. The number of benzene rings is 6. The Bertz CT molecular complexity index is 4300. The summed E-state index contributed by atoms with van der Waals surface area (Å²) < 4.78 is 63.0. The zero-order chi connectivity index (χ0) is 62.6. The molecule has 83 heavy (non-hydrogen) atoms. The molecule has 2 aromatic heterocycles. The predicted octanol–water partition coefficient (Wildman–Crippen LogP) is 18.0. The number of para-hydroxylation sites is 2. The molecule has 0 amide bonds. The van der Waals surface area contributed by atoms with Crippen LogP contribution >= 0.6 is 0 Å². The molecule has 0 bridgehead atoms. The molecule has 6 aromatic carbocycles. The lowest BCUT2D eigenvalue weighted by Gasteiger charge is -2.35. The summed E-state index contributed by atoms with van der Waals surface area (Å²) in [6, 6.07) is 44.2. The van der Waals surface area contributed by atoms with Crippen LogP contribution in [0.5, 0.6) is 11.5 Å². The number of hydrogen-bond acceptors (Lipinski definition) is 6. The SMILES string of the molecule is [2H]C([2H])([2H])C(c1ccccc1)(c1ccnc(-n2c3ccc(C(C)(C)C)cc3c3ccc(Oc4cc(N5CN(Cc6c(C7=CC=CN8C=CC=CB78)cc(C(C)(C)C)cc6C6=CC=CN7C=CC=CB67)c6ccccc65)cc(C(C)(C)C)c4)cc32)c1)C([2H])([2H])[2H]. The molecule has 0 aliphatic carbocycles. The van der Waals surface area contributed by atoms with E-state index in [0.717, 1.165) is 50.0 Å². The Balaban J connectivity index is 0.923. The normalized spacial score (nSPS) is 17.2. The molecule has 0 saturated carbocycles. The Morgan fingerprint density at radius 2 is 1.14 bits per heavy atom.